The zero-order valence-electron chi connectivity index (χ0n) is 24.3. The van der Waals surface area contributed by atoms with Crippen molar-refractivity contribution in [1.82, 2.24) is 9.80 Å². The molecule has 2 N–H and O–H groups in total. The van der Waals surface area contributed by atoms with Crippen LogP contribution in [0.25, 0.3) is 0 Å². The average molecular weight is 574 g/mol. The topological polar surface area (TPSA) is 99.6 Å². The molecule has 5 rings (SSSR count). The molecule has 4 aromatic carbocycles. The Morgan fingerprint density at radius 3 is 1.84 bits per heavy atom. The van der Waals surface area contributed by atoms with Crippen LogP contribution in [0, 0.1) is 0 Å². The van der Waals surface area contributed by atoms with Crippen LogP contribution in [0.4, 0.5) is 17.1 Å². The Labute approximate surface area is 252 Å². The van der Waals surface area contributed by atoms with Crippen LogP contribution in [0.3, 0.4) is 0 Å². The summed E-state index contributed by atoms with van der Waals surface area (Å²) in [4.78, 5) is 6.83. The molecule has 0 atom stereocenters. The van der Waals surface area contributed by atoms with E-state index in [-0.39, 0.29) is 11.5 Å². The lowest BCUT2D eigenvalue weighted by atomic mass is 10.0. The van der Waals surface area contributed by atoms with Gasteiger partial charge in [-0.1, -0.05) is 12.1 Å². The maximum atomic E-state index is 9.67. The Kier molecular flexibility index (Phi) is 9.43. The van der Waals surface area contributed by atoms with Gasteiger partial charge < -0.3 is 24.9 Å². The molecule has 43 heavy (non-hydrogen) atoms. The first-order valence-electron chi connectivity index (χ1n) is 14.2. The third-order valence-electron chi connectivity index (χ3n) is 7.01. The molecular formula is C34H35N7O2. The maximum absolute atomic E-state index is 9.67. The summed E-state index contributed by atoms with van der Waals surface area (Å²) in [6, 6.07) is 29.2. The minimum atomic E-state index is 0.171. The highest BCUT2D eigenvalue weighted by molar-refractivity contribution is 6.13. The average Bonchev–Trinajstić information content (AvgIpc) is 3.45. The van der Waals surface area contributed by atoms with Gasteiger partial charge in [-0.25, -0.2) is 0 Å². The number of hydrogen-bond acceptors (Lipinski definition) is 9. The standard InChI is InChI=1S/C34H35N7O2/c1-3-41(23-22-40-21-20-39(2)25-40)31-14-12-30(13-15-31)37-36-29-10-4-26(5-11-29)24-35-38-34(27-6-16-32(42)17-7-27)28-8-18-33(43)19-9-28/h4-21,24,42-43H,3,22-23,25H2,1-2H3/b35-24+,37-36?. The number of rotatable bonds is 11. The first-order valence-corrected chi connectivity index (χ1v) is 14.2. The summed E-state index contributed by atoms with van der Waals surface area (Å²) < 4.78 is 0. The van der Waals surface area contributed by atoms with Gasteiger partial charge in [0.1, 0.15) is 17.2 Å². The van der Waals surface area contributed by atoms with Gasteiger partial charge in [-0.2, -0.15) is 15.3 Å². The molecule has 0 amide bonds. The third-order valence-corrected chi connectivity index (χ3v) is 7.01. The fourth-order valence-electron chi connectivity index (χ4n) is 4.60. The fourth-order valence-corrected chi connectivity index (χ4v) is 4.60. The first-order chi connectivity index (χ1) is 21.0. The van der Waals surface area contributed by atoms with Crippen molar-refractivity contribution in [3.8, 4) is 11.5 Å². The van der Waals surface area contributed by atoms with Crippen LogP contribution in [0.5, 0.6) is 11.5 Å². The molecule has 4 aromatic rings. The van der Waals surface area contributed by atoms with E-state index >= 15 is 0 Å². The molecule has 9 heteroatoms. The summed E-state index contributed by atoms with van der Waals surface area (Å²) >= 11 is 0. The van der Waals surface area contributed by atoms with Crippen molar-refractivity contribution >= 4 is 29.0 Å². The monoisotopic (exact) mass is 573 g/mol. The van der Waals surface area contributed by atoms with E-state index in [2.05, 4.69) is 73.6 Å². The molecule has 218 valence electrons. The molecular weight excluding hydrogens is 538 g/mol. The van der Waals surface area contributed by atoms with Gasteiger partial charge in [0.05, 0.1) is 24.3 Å². The maximum Gasteiger partial charge on any atom is 0.115 e. The van der Waals surface area contributed by atoms with Crippen LogP contribution < -0.4 is 4.90 Å². The molecule has 9 nitrogen and oxygen atoms in total. The summed E-state index contributed by atoms with van der Waals surface area (Å²) in [5.41, 5.74) is 5.75. The van der Waals surface area contributed by atoms with Crippen molar-refractivity contribution in [3.63, 3.8) is 0 Å². The molecule has 0 unspecified atom stereocenters. The van der Waals surface area contributed by atoms with Crippen molar-refractivity contribution in [2.45, 2.75) is 6.92 Å². The van der Waals surface area contributed by atoms with Crippen molar-refractivity contribution in [2.24, 2.45) is 20.4 Å². The zero-order valence-corrected chi connectivity index (χ0v) is 24.3. The van der Waals surface area contributed by atoms with E-state index in [4.69, 9.17) is 0 Å². The normalized spacial score (nSPS) is 12.9. The predicted octanol–water partition coefficient (Wildman–Crippen LogP) is 6.89. The SMILES string of the molecule is CCN(CCN1C=CN(C)C1)c1ccc(N=Nc2ccc(/C=N/N=C(c3ccc(O)cc3)c3ccc(O)cc3)cc2)cc1. The number of aromatic hydroxyl groups is 2. The van der Waals surface area contributed by atoms with Gasteiger partial charge >= 0.3 is 0 Å². The Hall–Kier alpha value is -5.44. The Morgan fingerprint density at radius 2 is 1.33 bits per heavy atom. The number of phenols is 2. The van der Waals surface area contributed by atoms with E-state index in [1.165, 1.54) is 5.69 Å². The predicted molar refractivity (Wildman–Crippen MR) is 173 cm³/mol. The number of azo groups is 1. The largest absolute Gasteiger partial charge is 0.508 e. The molecule has 0 radical (unpaired) electrons. The second-order valence-electron chi connectivity index (χ2n) is 10.2. The molecule has 0 saturated carbocycles. The molecule has 0 aromatic heterocycles. The minimum absolute atomic E-state index is 0.171. The van der Waals surface area contributed by atoms with Gasteiger partial charge in [-0.15, -0.1) is 5.10 Å². The van der Waals surface area contributed by atoms with Crippen molar-refractivity contribution in [3.05, 3.63) is 126 Å². The molecule has 1 aliphatic heterocycles. The lowest BCUT2D eigenvalue weighted by Gasteiger charge is -2.26. The smallest absolute Gasteiger partial charge is 0.115 e. The van der Waals surface area contributed by atoms with E-state index in [0.29, 0.717) is 5.71 Å². The number of likely N-dealkylation sites (N-methyl/N-ethyl adjacent to an activating group) is 1. The summed E-state index contributed by atoms with van der Waals surface area (Å²) in [6.45, 7) is 5.96. The minimum Gasteiger partial charge on any atom is -0.508 e. The summed E-state index contributed by atoms with van der Waals surface area (Å²) in [6.07, 6.45) is 5.90. The van der Waals surface area contributed by atoms with E-state index < -0.39 is 0 Å². The van der Waals surface area contributed by atoms with Crippen LogP contribution in [0.2, 0.25) is 0 Å². The molecule has 0 aliphatic carbocycles. The Balaban J connectivity index is 1.21. The lowest BCUT2D eigenvalue weighted by Crippen LogP contribution is -2.33. The Bertz CT molecular complexity index is 1550. The summed E-state index contributed by atoms with van der Waals surface area (Å²) in [5.74, 6) is 0.342. The Morgan fingerprint density at radius 1 is 0.767 bits per heavy atom. The van der Waals surface area contributed by atoms with Gasteiger partial charge in [0.2, 0.25) is 0 Å². The summed E-state index contributed by atoms with van der Waals surface area (Å²) in [7, 11) is 2.08. The van der Waals surface area contributed by atoms with Gasteiger partial charge in [-0.3, -0.25) is 0 Å². The lowest BCUT2D eigenvalue weighted by molar-refractivity contribution is 0.301. The number of hydrogen-bond donors (Lipinski definition) is 2. The second kappa shape index (κ2) is 14.0. The van der Waals surface area contributed by atoms with Crippen molar-refractivity contribution < 1.29 is 10.2 Å². The molecule has 0 spiro atoms. The van der Waals surface area contributed by atoms with Crippen LogP contribution in [-0.4, -0.2) is 65.3 Å². The third kappa shape index (κ3) is 8.07. The zero-order chi connectivity index (χ0) is 30.0. The van der Waals surface area contributed by atoms with Crippen LogP contribution in [-0.2, 0) is 0 Å². The summed E-state index contributed by atoms with van der Waals surface area (Å²) in [5, 5.41) is 36.9. The second-order valence-corrected chi connectivity index (χ2v) is 10.2. The highest BCUT2D eigenvalue weighted by Crippen LogP contribution is 2.23. The van der Waals surface area contributed by atoms with Gasteiger partial charge in [0.15, 0.2) is 0 Å². The molecule has 0 fully saturated rings. The number of phenolic OH excluding ortho intramolecular Hbond substituents is 2. The van der Waals surface area contributed by atoms with Crippen molar-refractivity contribution in [1.29, 1.82) is 0 Å². The number of anilines is 1. The molecule has 0 bridgehead atoms. The number of benzene rings is 4. The van der Waals surface area contributed by atoms with E-state index in [9.17, 15) is 10.2 Å². The van der Waals surface area contributed by atoms with Gasteiger partial charge in [-0.05, 0) is 97.4 Å². The van der Waals surface area contributed by atoms with E-state index in [0.717, 1.165) is 54.4 Å². The van der Waals surface area contributed by atoms with Gasteiger partial charge in [0.25, 0.3) is 0 Å². The molecule has 0 saturated heterocycles. The van der Waals surface area contributed by atoms with E-state index in [1.54, 1.807) is 54.7 Å². The molecule has 1 aliphatic rings. The molecule has 1 heterocycles. The first kappa shape index (κ1) is 29.1. The highest BCUT2D eigenvalue weighted by atomic mass is 16.3. The van der Waals surface area contributed by atoms with Crippen LogP contribution >= 0.6 is 0 Å². The number of nitrogens with zero attached hydrogens (tertiary/aromatic N) is 7. The van der Waals surface area contributed by atoms with E-state index in [1.807, 2.05) is 36.4 Å². The van der Waals surface area contributed by atoms with Gasteiger partial charge in [0, 0.05) is 55.9 Å². The fraction of sp³-hybridized carbons (Fsp3) is 0.176. The highest BCUT2D eigenvalue weighted by Gasteiger charge is 2.11. The quantitative estimate of drug-likeness (QED) is 0.116. The van der Waals surface area contributed by atoms with Crippen LogP contribution in [0.15, 0.2) is 130 Å². The van der Waals surface area contributed by atoms with Crippen LogP contribution in [0.1, 0.15) is 23.6 Å². The van der Waals surface area contributed by atoms with Crippen molar-refractivity contribution in [2.75, 3.05) is 38.3 Å².